The van der Waals surface area contributed by atoms with E-state index in [0.29, 0.717) is 32.7 Å². The molecule has 0 aromatic heterocycles. The number of benzene rings is 2. The van der Waals surface area contributed by atoms with Crippen molar-refractivity contribution in [3.8, 4) is 5.75 Å². The number of nitrogens with zero attached hydrogens (tertiary/aromatic N) is 1. The molecule has 1 heterocycles. The summed E-state index contributed by atoms with van der Waals surface area (Å²) in [5.41, 5.74) is 1.66. The quantitative estimate of drug-likeness (QED) is 0.785. The Hall–Kier alpha value is -2.44. The molecule has 0 saturated carbocycles. The summed E-state index contributed by atoms with van der Waals surface area (Å²) in [5, 5.41) is 13.2. The van der Waals surface area contributed by atoms with E-state index in [-0.39, 0.29) is 12.3 Å². The molecule has 2 atom stereocenters. The standard InChI is InChI=1S/C19H18Cl2N2O4/c1-10(24)23(15-5-3-4-6-17(15)27-2)16-9-14(19(25)26)22-13-8-11(20)7-12(21)18(13)16/h3-8,14,16,22H,9H2,1-2H3,(H,25,26)/t14-,16+/m0/s1. The minimum Gasteiger partial charge on any atom is -0.495 e. The molecule has 0 spiro atoms. The lowest BCUT2D eigenvalue weighted by molar-refractivity contribution is -0.138. The van der Waals surface area contributed by atoms with Gasteiger partial charge in [-0.1, -0.05) is 35.3 Å². The molecule has 0 fully saturated rings. The molecule has 0 bridgehead atoms. The summed E-state index contributed by atoms with van der Waals surface area (Å²) in [7, 11) is 1.51. The number of methoxy groups -OCH3 is 1. The highest BCUT2D eigenvalue weighted by Gasteiger charge is 2.38. The van der Waals surface area contributed by atoms with Crippen LogP contribution in [0.1, 0.15) is 24.9 Å². The van der Waals surface area contributed by atoms with Crippen LogP contribution in [-0.4, -0.2) is 30.1 Å². The van der Waals surface area contributed by atoms with Crippen molar-refractivity contribution in [3.63, 3.8) is 0 Å². The average Bonchev–Trinajstić information content (AvgIpc) is 2.61. The lowest BCUT2D eigenvalue weighted by Crippen LogP contribution is -2.43. The number of nitrogens with one attached hydrogen (secondary N) is 1. The van der Waals surface area contributed by atoms with Gasteiger partial charge in [-0.25, -0.2) is 4.79 Å². The van der Waals surface area contributed by atoms with Crippen LogP contribution in [-0.2, 0) is 9.59 Å². The maximum atomic E-state index is 12.6. The van der Waals surface area contributed by atoms with Crippen molar-refractivity contribution >= 4 is 46.5 Å². The van der Waals surface area contributed by atoms with Gasteiger partial charge in [-0.2, -0.15) is 0 Å². The van der Waals surface area contributed by atoms with E-state index < -0.39 is 18.1 Å². The van der Waals surface area contributed by atoms with Gasteiger partial charge >= 0.3 is 5.97 Å². The van der Waals surface area contributed by atoms with Crippen LogP contribution in [0.2, 0.25) is 10.0 Å². The largest absolute Gasteiger partial charge is 0.495 e. The van der Waals surface area contributed by atoms with Crippen LogP contribution in [0.4, 0.5) is 11.4 Å². The molecule has 0 saturated heterocycles. The lowest BCUT2D eigenvalue weighted by Gasteiger charge is -2.39. The Morgan fingerprint density at radius 2 is 1.96 bits per heavy atom. The van der Waals surface area contributed by atoms with Gasteiger partial charge in [-0.3, -0.25) is 4.79 Å². The van der Waals surface area contributed by atoms with Gasteiger partial charge in [0.1, 0.15) is 11.8 Å². The van der Waals surface area contributed by atoms with Crippen molar-refractivity contribution in [2.75, 3.05) is 17.3 Å². The molecule has 3 rings (SSSR count). The summed E-state index contributed by atoms with van der Waals surface area (Å²) in [5.74, 6) is -0.775. The third kappa shape index (κ3) is 3.68. The molecule has 0 radical (unpaired) electrons. The number of carbonyl (C=O) groups is 2. The van der Waals surface area contributed by atoms with Crippen molar-refractivity contribution in [3.05, 3.63) is 52.0 Å². The summed E-state index contributed by atoms with van der Waals surface area (Å²) in [6.45, 7) is 1.42. The molecular formula is C19H18Cl2N2O4. The SMILES string of the molecule is COc1ccccc1N(C(C)=O)[C@@H]1C[C@@H](C(=O)O)Nc2cc(Cl)cc(Cl)c21. The van der Waals surface area contributed by atoms with Gasteiger partial charge in [0.15, 0.2) is 0 Å². The molecule has 1 aliphatic rings. The first-order valence-electron chi connectivity index (χ1n) is 8.24. The van der Waals surface area contributed by atoms with Crippen molar-refractivity contribution in [2.45, 2.75) is 25.4 Å². The Kier molecular flexibility index (Phi) is 5.48. The van der Waals surface area contributed by atoms with E-state index in [9.17, 15) is 14.7 Å². The monoisotopic (exact) mass is 408 g/mol. The molecule has 2 N–H and O–H groups in total. The Morgan fingerprint density at radius 3 is 2.59 bits per heavy atom. The molecule has 142 valence electrons. The van der Waals surface area contributed by atoms with Gasteiger partial charge in [0.2, 0.25) is 5.91 Å². The topological polar surface area (TPSA) is 78.9 Å². The van der Waals surface area contributed by atoms with E-state index in [2.05, 4.69) is 5.32 Å². The minimum atomic E-state index is -1.02. The molecule has 0 unspecified atom stereocenters. The first-order valence-corrected chi connectivity index (χ1v) is 9.00. The highest BCUT2D eigenvalue weighted by Crippen LogP contribution is 2.45. The smallest absolute Gasteiger partial charge is 0.326 e. The molecule has 1 amide bonds. The molecule has 2 aromatic carbocycles. The number of aliphatic carboxylic acids is 1. The van der Waals surface area contributed by atoms with E-state index in [0.717, 1.165) is 0 Å². The predicted molar refractivity (Wildman–Crippen MR) is 105 cm³/mol. The second kappa shape index (κ2) is 7.66. The van der Waals surface area contributed by atoms with Crippen LogP contribution in [0.25, 0.3) is 0 Å². The van der Waals surface area contributed by atoms with Gasteiger partial charge in [0, 0.05) is 34.6 Å². The molecule has 1 aliphatic heterocycles. The highest BCUT2D eigenvalue weighted by molar-refractivity contribution is 6.35. The molecule has 8 heteroatoms. The molecule has 2 aromatic rings. The van der Waals surface area contributed by atoms with Gasteiger partial charge in [-0.05, 0) is 24.3 Å². The highest BCUT2D eigenvalue weighted by atomic mass is 35.5. The fourth-order valence-corrected chi connectivity index (χ4v) is 4.03. The first kappa shape index (κ1) is 19.3. The Labute approximate surface area is 166 Å². The van der Waals surface area contributed by atoms with Gasteiger partial charge < -0.3 is 20.1 Å². The first-order chi connectivity index (χ1) is 12.8. The number of rotatable bonds is 4. The van der Waals surface area contributed by atoms with Gasteiger partial charge in [0.25, 0.3) is 0 Å². The fraction of sp³-hybridized carbons (Fsp3) is 0.263. The van der Waals surface area contributed by atoms with Gasteiger partial charge in [-0.15, -0.1) is 0 Å². The Balaban J connectivity index is 2.20. The zero-order valence-electron chi connectivity index (χ0n) is 14.7. The maximum absolute atomic E-state index is 12.6. The van der Waals surface area contributed by atoms with Crippen LogP contribution < -0.4 is 15.0 Å². The molecule has 27 heavy (non-hydrogen) atoms. The van der Waals surface area contributed by atoms with Crippen molar-refractivity contribution < 1.29 is 19.4 Å². The zero-order chi connectivity index (χ0) is 19.7. The maximum Gasteiger partial charge on any atom is 0.326 e. The van der Waals surface area contributed by atoms with E-state index in [1.54, 1.807) is 36.4 Å². The summed E-state index contributed by atoms with van der Waals surface area (Å²) in [6, 6.07) is 8.78. The number of anilines is 2. The fourth-order valence-electron chi connectivity index (χ4n) is 3.41. The lowest BCUT2D eigenvalue weighted by atomic mass is 9.91. The summed E-state index contributed by atoms with van der Waals surface area (Å²) >= 11 is 12.5. The van der Waals surface area contributed by atoms with Crippen LogP contribution in [0.5, 0.6) is 5.75 Å². The second-order valence-electron chi connectivity index (χ2n) is 6.20. The normalized spacial score (nSPS) is 18.2. The van der Waals surface area contributed by atoms with Crippen molar-refractivity contribution in [1.29, 1.82) is 0 Å². The Morgan fingerprint density at radius 1 is 1.26 bits per heavy atom. The summed E-state index contributed by atoms with van der Waals surface area (Å²) < 4.78 is 5.40. The number of hydrogen-bond acceptors (Lipinski definition) is 4. The number of carboxylic acids is 1. The zero-order valence-corrected chi connectivity index (χ0v) is 16.2. The molecule has 6 nitrogen and oxygen atoms in total. The predicted octanol–water partition coefficient (Wildman–Crippen LogP) is 4.37. The van der Waals surface area contributed by atoms with E-state index in [1.807, 2.05) is 0 Å². The van der Waals surface area contributed by atoms with Crippen LogP contribution in [0, 0.1) is 0 Å². The number of carboxylic acid groups (broad SMARTS) is 1. The average molecular weight is 409 g/mol. The number of ether oxygens (including phenoxy) is 1. The number of hydrogen-bond donors (Lipinski definition) is 2. The van der Waals surface area contributed by atoms with Crippen molar-refractivity contribution in [1.82, 2.24) is 0 Å². The number of para-hydroxylation sites is 2. The second-order valence-corrected chi connectivity index (χ2v) is 7.04. The number of carbonyl (C=O) groups excluding carboxylic acids is 1. The minimum absolute atomic E-state index is 0.140. The van der Waals surface area contributed by atoms with E-state index in [4.69, 9.17) is 27.9 Å². The van der Waals surface area contributed by atoms with Crippen LogP contribution in [0.3, 0.4) is 0 Å². The van der Waals surface area contributed by atoms with Gasteiger partial charge in [0.05, 0.1) is 18.8 Å². The van der Waals surface area contributed by atoms with Crippen molar-refractivity contribution in [2.24, 2.45) is 0 Å². The third-order valence-corrected chi connectivity index (χ3v) is 5.04. The summed E-state index contributed by atoms with van der Waals surface area (Å²) in [6.07, 6.45) is 0.140. The third-order valence-electron chi connectivity index (χ3n) is 4.51. The van der Waals surface area contributed by atoms with E-state index in [1.165, 1.54) is 18.9 Å². The van der Waals surface area contributed by atoms with Crippen LogP contribution >= 0.6 is 23.2 Å². The number of amides is 1. The molecule has 0 aliphatic carbocycles. The molecular weight excluding hydrogens is 391 g/mol. The van der Waals surface area contributed by atoms with Crippen LogP contribution in [0.15, 0.2) is 36.4 Å². The Bertz CT molecular complexity index is 903. The van der Waals surface area contributed by atoms with E-state index >= 15 is 0 Å². The number of halogens is 2. The summed E-state index contributed by atoms with van der Waals surface area (Å²) in [4.78, 5) is 25.8. The number of fused-ring (bicyclic) bond motifs is 1.